The standard InChI is InChI=1S/C15H20F2N2O2.ClH/c1-18-10-12-3-2-8-19(12)14(20)9-11-4-6-13(7-5-11)21-15(16)17;/h4-7,12,15,18H,2-3,8-10H2,1H3;1H. The Morgan fingerprint density at radius 3 is 2.68 bits per heavy atom. The van der Waals surface area contributed by atoms with E-state index >= 15 is 0 Å². The Morgan fingerprint density at radius 2 is 2.09 bits per heavy atom. The highest BCUT2D eigenvalue weighted by molar-refractivity contribution is 5.85. The van der Waals surface area contributed by atoms with Crippen LogP contribution in [0.5, 0.6) is 5.75 Å². The van der Waals surface area contributed by atoms with Gasteiger partial charge in [-0.1, -0.05) is 12.1 Å². The molecule has 4 nitrogen and oxygen atoms in total. The third-order valence-corrected chi connectivity index (χ3v) is 3.64. The van der Waals surface area contributed by atoms with E-state index in [1.54, 1.807) is 12.1 Å². The maximum Gasteiger partial charge on any atom is 0.387 e. The number of likely N-dealkylation sites (tertiary alicyclic amines) is 1. The highest BCUT2D eigenvalue weighted by atomic mass is 35.5. The molecule has 7 heteroatoms. The van der Waals surface area contributed by atoms with Crippen LogP contribution < -0.4 is 10.1 Å². The molecule has 0 radical (unpaired) electrons. The van der Waals surface area contributed by atoms with Gasteiger partial charge in [0.05, 0.1) is 6.42 Å². The van der Waals surface area contributed by atoms with Crippen molar-refractivity contribution in [1.82, 2.24) is 10.2 Å². The van der Waals surface area contributed by atoms with Gasteiger partial charge in [0.25, 0.3) is 0 Å². The molecule has 1 fully saturated rings. The maximum absolute atomic E-state index is 12.3. The Bertz CT molecular complexity index is 471. The first-order valence-corrected chi connectivity index (χ1v) is 7.08. The summed E-state index contributed by atoms with van der Waals surface area (Å²) in [6.07, 6.45) is 2.34. The zero-order valence-corrected chi connectivity index (χ0v) is 13.2. The van der Waals surface area contributed by atoms with Gasteiger partial charge in [-0.15, -0.1) is 12.4 Å². The summed E-state index contributed by atoms with van der Waals surface area (Å²) < 4.78 is 28.4. The molecule has 0 bridgehead atoms. The molecule has 1 unspecified atom stereocenters. The van der Waals surface area contributed by atoms with Gasteiger partial charge in [0.2, 0.25) is 5.91 Å². The number of carbonyl (C=O) groups excluding carboxylic acids is 1. The van der Waals surface area contributed by atoms with Crippen LogP contribution in [0.25, 0.3) is 0 Å². The third kappa shape index (κ3) is 5.10. The Balaban J connectivity index is 0.00000242. The molecule has 1 aliphatic heterocycles. The minimum absolute atomic E-state index is 0. The van der Waals surface area contributed by atoms with Gasteiger partial charge >= 0.3 is 6.61 Å². The number of ether oxygens (including phenoxy) is 1. The highest BCUT2D eigenvalue weighted by Gasteiger charge is 2.27. The van der Waals surface area contributed by atoms with Gasteiger partial charge in [-0.05, 0) is 37.6 Å². The second-order valence-corrected chi connectivity index (χ2v) is 5.14. The second-order valence-electron chi connectivity index (χ2n) is 5.14. The first kappa shape index (κ1) is 18.6. The van der Waals surface area contributed by atoms with Crippen molar-refractivity contribution in [2.75, 3.05) is 20.1 Å². The number of nitrogens with one attached hydrogen (secondary N) is 1. The predicted octanol–water partition coefficient (Wildman–Crippen LogP) is 2.46. The summed E-state index contributed by atoms with van der Waals surface area (Å²) in [4.78, 5) is 14.2. The van der Waals surface area contributed by atoms with Crippen LogP contribution in [-0.4, -0.2) is 43.6 Å². The van der Waals surface area contributed by atoms with E-state index in [0.717, 1.165) is 31.5 Å². The van der Waals surface area contributed by atoms with E-state index in [9.17, 15) is 13.6 Å². The number of benzene rings is 1. The summed E-state index contributed by atoms with van der Waals surface area (Å²) in [5.74, 6) is 0.186. The second kappa shape index (κ2) is 8.90. The van der Waals surface area contributed by atoms with Crippen LogP contribution in [0, 0.1) is 0 Å². The van der Waals surface area contributed by atoms with Crippen molar-refractivity contribution in [2.24, 2.45) is 0 Å². The van der Waals surface area contributed by atoms with Crippen molar-refractivity contribution < 1.29 is 18.3 Å². The first-order valence-electron chi connectivity index (χ1n) is 7.08. The van der Waals surface area contributed by atoms with Crippen molar-refractivity contribution in [1.29, 1.82) is 0 Å². The topological polar surface area (TPSA) is 41.6 Å². The zero-order valence-electron chi connectivity index (χ0n) is 12.4. The van der Waals surface area contributed by atoms with Gasteiger partial charge < -0.3 is 15.0 Å². The molecule has 1 aliphatic rings. The molecule has 0 aliphatic carbocycles. The maximum atomic E-state index is 12.3. The number of amides is 1. The van der Waals surface area contributed by atoms with E-state index in [1.165, 1.54) is 12.1 Å². The van der Waals surface area contributed by atoms with Gasteiger partial charge in [0.1, 0.15) is 5.75 Å². The van der Waals surface area contributed by atoms with E-state index in [2.05, 4.69) is 10.1 Å². The fraction of sp³-hybridized carbons (Fsp3) is 0.533. The Kier molecular flexibility index (Phi) is 7.55. The number of hydrogen-bond acceptors (Lipinski definition) is 3. The molecular formula is C15H21ClF2N2O2. The molecule has 1 N–H and O–H groups in total. The van der Waals surface area contributed by atoms with Crippen molar-refractivity contribution in [3.05, 3.63) is 29.8 Å². The zero-order chi connectivity index (χ0) is 15.2. The molecule has 1 atom stereocenters. The number of likely N-dealkylation sites (N-methyl/N-ethyl adjacent to an activating group) is 1. The number of halogens is 3. The van der Waals surface area contributed by atoms with Crippen molar-refractivity contribution >= 4 is 18.3 Å². The summed E-state index contributed by atoms with van der Waals surface area (Å²) in [5.41, 5.74) is 0.803. The minimum Gasteiger partial charge on any atom is -0.435 e. The fourth-order valence-corrected chi connectivity index (χ4v) is 2.68. The average Bonchev–Trinajstić information content (AvgIpc) is 2.89. The van der Waals surface area contributed by atoms with Gasteiger partial charge in [-0.25, -0.2) is 0 Å². The van der Waals surface area contributed by atoms with Crippen LogP contribution in [0.1, 0.15) is 18.4 Å². The van der Waals surface area contributed by atoms with Gasteiger partial charge in [0.15, 0.2) is 0 Å². The Hall–Kier alpha value is -1.40. The lowest BCUT2D eigenvalue weighted by Crippen LogP contribution is -2.41. The number of hydrogen-bond donors (Lipinski definition) is 1. The molecule has 0 spiro atoms. The lowest BCUT2D eigenvalue weighted by molar-refractivity contribution is -0.131. The van der Waals surface area contributed by atoms with Crippen LogP contribution in [0.3, 0.4) is 0 Å². The Labute approximate surface area is 135 Å². The predicted molar refractivity (Wildman–Crippen MR) is 82.7 cm³/mol. The quantitative estimate of drug-likeness (QED) is 0.869. The SMILES string of the molecule is CNCC1CCCN1C(=O)Cc1ccc(OC(F)F)cc1.Cl. The van der Waals surface area contributed by atoms with Crippen LogP contribution >= 0.6 is 12.4 Å². The molecule has 1 heterocycles. The van der Waals surface area contributed by atoms with Gasteiger partial charge in [-0.2, -0.15) is 8.78 Å². The lowest BCUT2D eigenvalue weighted by atomic mass is 10.1. The summed E-state index contributed by atoms with van der Waals surface area (Å²) in [7, 11) is 1.88. The highest BCUT2D eigenvalue weighted by Crippen LogP contribution is 2.19. The lowest BCUT2D eigenvalue weighted by Gasteiger charge is -2.24. The van der Waals surface area contributed by atoms with E-state index in [4.69, 9.17) is 0 Å². The summed E-state index contributed by atoms with van der Waals surface area (Å²) in [6, 6.07) is 6.48. The number of rotatable bonds is 6. The third-order valence-electron chi connectivity index (χ3n) is 3.64. The van der Waals surface area contributed by atoms with Crippen LogP contribution in [0.15, 0.2) is 24.3 Å². The smallest absolute Gasteiger partial charge is 0.387 e. The van der Waals surface area contributed by atoms with E-state index < -0.39 is 6.61 Å². The van der Waals surface area contributed by atoms with Crippen molar-refractivity contribution in [3.63, 3.8) is 0 Å². The summed E-state index contributed by atoms with van der Waals surface area (Å²) in [6.45, 7) is -1.24. The van der Waals surface area contributed by atoms with Crippen LogP contribution in [0.4, 0.5) is 8.78 Å². The summed E-state index contributed by atoms with van der Waals surface area (Å²) in [5, 5.41) is 3.10. The molecule has 1 aromatic carbocycles. The van der Waals surface area contributed by atoms with E-state index in [1.807, 2.05) is 11.9 Å². The van der Waals surface area contributed by atoms with Crippen LogP contribution in [-0.2, 0) is 11.2 Å². The Morgan fingerprint density at radius 1 is 1.41 bits per heavy atom. The minimum atomic E-state index is -2.83. The van der Waals surface area contributed by atoms with Crippen LogP contribution in [0.2, 0.25) is 0 Å². The fourth-order valence-electron chi connectivity index (χ4n) is 2.68. The first-order chi connectivity index (χ1) is 10.1. The number of nitrogens with zero attached hydrogens (tertiary/aromatic N) is 1. The summed E-state index contributed by atoms with van der Waals surface area (Å²) >= 11 is 0. The van der Waals surface area contributed by atoms with Crippen molar-refractivity contribution in [2.45, 2.75) is 31.9 Å². The molecule has 0 saturated carbocycles. The molecule has 2 rings (SSSR count). The van der Waals surface area contributed by atoms with E-state index in [-0.39, 0.29) is 36.5 Å². The average molecular weight is 335 g/mol. The number of carbonyl (C=O) groups is 1. The molecular weight excluding hydrogens is 314 g/mol. The van der Waals surface area contributed by atoms with Gasteiger partial charge in [0, 0.05) is 19.1 Å². The molecule has 1 saturated heterocycles. The molecule has 22 heavy (non-hydrogen) atoms. The molecule has 1 amide bonds. The largest absolute Gasteiger partial charge is 0.435 e. The van der Waals surface area contributed by atoms with Gasteiger partial charge in [-0.3, -0.25) is 4.79 Å². The number of alkyl halides is 2. The molecule has 0 aromatic heterocycles. The molecule has 124 valence electrons. The van der Waals surface area contributed by atoms with Crippen molar-refractivity contribution in [3.8, 4) is 5.75 Å². The van der Waals surface area contributed by atoms with E-state index in [0.29, 0.717) is 0 Å². The molecule has 1 aromatic rings. The monoisotopic (exact) mass is 334 g/mol. The normalized spacial score (nSPS) is 17.5.